The lowest BCUT2D eigenvalue weighted by Crippen LogP contribution is -2.50. The van der Waals surface area contributed by atoms with E-state index < -0.39 is 0 Å². The molecule has 2 amide bonds. The van der Waals surface area contributed by atoms with Crippen molar-refractivity contribution in [1.82, 2.24) is 4.90 Å². The van der Waals surface area contributed by atoms with Gasteiger partial charge < -0.3 is 19.9 Å². The van der Waals surface area contributed by atoms with Crippen LogP contribution in [0.25, 0.3) is 0 Å². The molecule has 1 fully saturated rings. The average molecular weight is 353 g/mol. The van der Waals surface area contributed by atoms with Crippen molar-refractivity contribution in [3.63, 3.8) is 0 Å². The summed E-state index contributed by atoms with van der Waals surface area (Å²) in [6.45, 7) is 4.81. The number of amides is 2. The molecule has 0 spiro atoms. The Balaban J connectivity index is 1.54. The molecule has 1 N–H and O–H groups in total. The molecule has 0 atom stereocenters. The summed E-state index contributed by atoms with van der Waals surface area (Å²) >= 11 is 0. The molecule has 6 nitrogen and oxygen atoms in total. The monoisotopic (exact) mass is 353 g/mol. The smallest absolute Gasteiger partial charge is 0.337 e. The lowest BCUT2D eigenvalue weighted by Gasteiger charge is -2.36. The molecule has 0 aliphatic carbocycles. The van der Waals surface area contributed by atoms with Gasteiger partial charge in [-0.05, 0) is 43.3 Å². The van der Waals surface area contributed by atoms with Gasteiger partial charge in [0.1, 0.15) is 0 Å². The third-order valence-electron chi connectivity index (χ3n) is 4.52. The molecule has 0 radical (unpaired) electrons. The van der Waals surface area contributed by atoms with Crippen molar-refractivity contribution in [1.29, 1.82) is 0 Å². The third kappa shape index (κ3) is 4.14. The van der Waals surface area contributed by atoms with Crippen LogP contribution in [0.4, 0.5) is 16.2 Å². The van der Waals surface area contributed by atoms with E-state index in [0.717, 1.165) is 30.0 Å². The SMILES string of the molecule is COC(=O)c1ccc(N2CCN(C(=O)Nc3ccc(C)cc3)CC2)cc1. The molecule has 1 aliphatic heterocycles. The van der Waals surface area contributed by atoms with Crippen molar-refractivity contribution in [3.8, 4) is 0 Å². The number of methoxy groups -OCH3 is 1. The topological polar surface area (TPSA) is 61.9 Å². The maximum atomic E-state index is 12.4. The van der Waals surface area contributed by atoms with E-state index in [1.165, 1.54) is 7.11 Å². The fourth-order valence-electron chi connectivity index (χ4n) is 2.93. The number of urea groups is 1. The van der Waals surface area contributed by atoms with Gasteiger partial charge in [0.2, 0.25) is 0 Å². The first-order valence-corrected chi connectivity index (χ1v) is 8.63. The Morgan fingerprint density at radius 3 is 2.12 bits per heavy atom. The van der Waals surface area contributed by atoms with Crippen LogP contribution in [-0.2, 0) is 4.74 Å². The van der Waals surface area contributed by atoms with E-state index in [1.807, 2.05) is 48.2 Å². The van der Waals surface area contributed by atoms with Crippen molar-refractivity contribution in [2.75, 3.05) is 43.5 Å². The fraction of sp³-hybridized carbons (Fsp3) is 0.300. The standard InChI is InChI=1S/C20H23N3O3/c1-15-3-7-17(8-4-15)21-20(25)23-13-11-22(12-14-23)18-9-5-16(6-10-18)19(24)26-2/h3-10H,11-14H2,1-2H3,(H,21,25). The first-order valence-electron chi connectivity index (χ1n) is 8.63. The number of piperazine rings is 1. The molecule has 26 heavy (non-hydrogen) atoms. The number of esters is 1. The summed E-state index contributed by atoms with van der Waals surface area (Å²) in [5.74, 6) is -0.339. The van der Waals surface area contributed by atoms with E-state index in [2.05, 4.69) is 10.2 Å². The van der Waals surface area contributed by atoms with Gasteiger partial charge in [0.15, 0.2) is 0 Å². The maximum absolute atomic E-state index is 12.4. The largest absolute Gasteiger partial charge is 0.465 e. The molecule has 6 heteroatoms. The van der Waals surface area contributed by atoms with Gasteiger partial charge >= 0.3 is 12.0 Å². The van der Waals surface area contributed by atoms with Crippen molar-refractivity contribution in [3.05, 3.63) is 59.7 Å². The Morgan fingerprint density at radius 2 is 1.54 bits per heavy atom. The normalized spacial score (nSPS) is 14.1. The Labute approximate surface area is 153 Å². The van der Waals surface area contributed by atoms with Crippen LogP contribution in [0, 0.1) is 6.92 Å². The number of carbonyl (C=O) groups excluding carboxylic acids is 2. The van der Waals surface area contributed by atoms with Gasteiger partial charge in [0, 0.05) is 37.6 Å². The summed E-state index contributed by atoms with van der Waals surface area (Å²) in [5, 5.41) is 2.94. The van der Waals surface area contributed by atoms with Crippen LogP contribution in [0.3, 0.4) is 0 Å². The van der Waals surface area contributed by atoms with E-state index in [1.54, 1.807) is 12.1 Å². The maximum Gasteiger partial charge on any atom is 0.337 e. The number of anilines is 2. The quantitative estimate of drug-likeness (QED) is 0.861. The van der Waals surface area contributed by atoms with E-state index in [4.69, 9.17) is 4.74 Å². The van der Waals surface area contributed by atoms with Gasteiger partial charge in [0.05, 0.1) is 12.7 Å². The summed E-state index contributed by atoms with van der Waals surface area (Å²) < 4.78 is 4.71. The molecule has 1 saturated heterocycles. The van der Waals surface area contributed by atoms with Crippen LogP contribution in [0.1, 0.15) is 15.9 Å². The van der Waals surface area contributed by atoms with Crippen molar-refractivity contribution in [2.24, 2.45) is 0 Å². The van der Waals surface area contributed by atoms with E-state index in [-0.39, 0.29) is 12.0 Å². The average Bonchev–Trinajstić information content (AvgIpc) is 2.69. The van der Waals surface area contributed by atoms with Crippen molar-refractivity contribution >= 4 is 23.4 Å². The number of hydrogen-bond acceptors (Lipinski definition) is 4. The van der Waals surface area contributed by atoms with Gasteiger partial charge in [-0.3, -0.25) is 0 Å². The molecular formula is C20H23N3O3. The number of ether oxygens (including phenoxy) is 1. The van der Waals surface area contributed by atoms with Crippen molar-refractivity contribution < 1.29 is 14.3 Å². The van der Waals surface area contributed by atoms with Crippen LogP contribution < -0.4 is 10.2 Å². The molecular weight excluding hydrogens is 330 g/mol. The molecule has 3 rings (SSSR count). The molecule has 0 saturated carbocycles. The van der Waals surface area contributed by atoms with Crippen LogP contribution in [0.5, 0.6) is 0 Å². The number of nitrogens with zero attached hydrogens (tertiary/aromatic N) is 2. The Hall–Kier alpha value is -3.02. The second-order valence-electron chi connectivity index (χ2n) is 6.31. The Kier molecular flexibility index (Phi) is 5.41. The summed E-state index contributed by atoms with van der Waals surface area (Å²) in [6.07, 6.45) is 0. The Morgan fingerprint density at radius 1 is 0.923 bits per heavy atom. The summed E-state index contributed by atoms with van der Waals surface area (Å²) in [4.78, 5) is 27.9. The summed E-state index contributed by atoms with van der Waals surface area (Å²) in [5.41, 5.74) is 3.54. The van der Waals surface area contributed by atoms with Crippen molar-refractivity contribution in [2.45, 2.75) is 6.92 Å². The zero-order valence-corrected chi connectivity index (χ0v) is 15.1. The molecule has 0 bridgehead atoms. The lowest BCUT2D eigenvalue weighted by molar-refractivity contribution is 0.0600. The fourth-order valence-corrected chi connectivity index (χ4v) is 2.93. The van der Waals surface area contributed by atoms with Crippen LogP contribution >= 0.6 is 0 Å². The minimum atomic E-state index is -0.339. The predicted molar refractivity (Wildman–Crippen MR) is 102 cm³/mol. The zero-order chi connectivity index (χ0) is 18.5. The van der Waals surface area contributed by atoms with Crippen LogP contribution in [0.2, 0.25) is 0 Å². The highest BCUT2D eigenvalue weighted by Crippen LogP contribution is 2.18. The molecule has 0 aromatic heterocycles. The minimum Gasteiger partial charge on any atom is -0.465 e. The second-order valence-corrected chi connectivity index (χ2v) is 6.31. The molecule has 2 aromatic rings. The molecule has 1 heterocycles. The molecule has 1 aliphatic rings. The van der Waals surface area contributed by atoms with Gasteiger partial charge in [0.25, 0.3) is 0 Å². The number of benzene rings is 2. The highest BCUT2D eigenvalue weighted by molar-refractivity contribution is 5.90. The third-order valence-corrected chi connectivity index (χ3v) is 4.52. The first kappa shape index (κ1) is 17.8. The Bertz CT molecular complexity index is 764. The second kappa shape index (κ2) is 7.91. The zero-order valence-electron chi connectivity index (χ0n) is 15.1. The van der Waals surface area contributed by atoms with Crippen LogP contribution in [0.15, 0.2) is 48.5 Å². The van der Waals surface area contributed by atoms with E-state index in [0.29, 0.717) is 18.7 Å². The molecule has 136 valence electrons. The van der Waals surface area contributed by atoms with Gasteiger partial charge in [-0.1, -0.05) is 17.7 Å². The molecule has 0 unspecified atom stereocenters. The van der Waals surface area contributed by atoms with Gasteiger partial charge in [-0.2, -0.15) is 0 Å². The number of nitrogens with one attached hydrogen (secondary N) is 1. The first-order chi connectivity index (χ1) is 12.6. The number of hydrogen-bond donors (Lipinski definition) is 1. The highest BCUT2D eigenvalue weighted by atomic mass is 16.5. The predicted octanol–water partition coefficient (Wildman–Crippen LogP) is 3.14. The lowest BCUT2D eigenvalue weighted by atomic mass is 10.2. The van der Waals surface area contributed by atoms with E-state index >= 15 is 0 Å². The summed E-state index contributed by atoms with van der Waals surface area (Å²) in [7, 11) is 1.37. The van der Waals surface area contributed by atoms with Gasteiger partial charge in [-0.25, -0.2) is 9.59 Å². The van der Waals surface area contributed by atoms with Crippen LogP contribution in [-0.4, -0.2) is 50.2 Å². The number of carbonyl (C=O) groups is 2. The number of rotatable bonds is 3. The number of aryl methyl sites for hydroxylation is 1. The highest BCUT2D eigenvalue weighted by Gasteiger charge is 2.21. The minimum absolute atomic E-state index is 0.0745. The van der Waals surface area contributed by atoms with E-state index in [9.17, 15) is 9.59 Å². The summed E-state index contributed by atoms with van der Waals surface area (Å²) in [6, 6.07) is 15.0. The van der Waals surface area contributed by atoms with Gasteiger partial charge in [-0.15, -0.1) is 0 Å². The molecule has 2 aromatic carbocycles.